The summed E-state index contributed by atoms with van der Waals surface area (Å²) in [7, 11) is 2.07. The Bertz CT molecular complexity index is 593. The molecule has 2 N–H and O–H groups in total. The Morgan fingerprint density at radius 2 is 2.05 bits per heavy atom. The molecule has 0 amide bonds. The van der Waals surface area contributed by atoms with Crippen molar-refractivity contribution >= 4 is 10.9 Å². The maximum absolute atomic E-state index is 3.54. The average Bonchev–Trinajstić information content (AvgIpc) is 3.00. The van der Waals surface area contributed by atoms with Crippen LogP contribution < -0.4 is 5.32 Å². The molecule has 1 aromatic heterocycles. The molecule has 0 aliphatic heterocycles. The molecule has 0 radical (unpaired) electrons. The third-order valence-corrected chi connectivity index (χ3v) is 5.53. The van der Waals surface area contributed by atoms with E-state index in [1.54, 1.807) is 5.56 Å². The van der Waals surface area contributed by atoms with Crippen LogP contribution in [0.4, 0.5) is 0 Å². The summed E-state index contributed by atoms with van der Waals surface area (Å²) >= 11 is 0. The summed E-state index contributed by atoms with van der Waals surface area (Å²) in [6.45, 7) is 3.39. The molecule has 22 heavy (non-hydrogen) atoms. The standard InChI is InChI=1S/C20H30N2/c1-3-15-10-7-11-19-20(15)18(14-22-19)17(12-13-21-2)16-8-5-4-6-9-16/h7,10-11,14,16-17,21-22H,3-6,8-9,12-13H2,1-2H3. The molecule has 1 atom stereocenters. The number of aromatic amines is 1. The first-order valence-electron chi connectivity index (χ1n) is 9.08. The summed E-state index contributed by atoms with van der Waals surface area (Å²) in [6.07, 6.45) is 11.8. The highest BCUT2D eigenvalue weighted by molar-refractivity contribution is 5.87. The molecule has 2 nitrogen and oxygen atoms in total. The Kier molecular flexibility index (Phi) is 5.20. The topological polar surface area (TPSA) is 27.8 Å². The van der Waals surface area contributed by atoms with Crippen LogP contribution in [0.1, 0.15) is 62.5 Å². The number of aromatic nitrogens is 1. The van der Waals surface area contributed by atoms with E-state index in [0.29, 0.717) is 5.92 Å². The van der Waals surface area contributed by atoms with E-state index >= 15 is 0 Å². The first-order valence-corrected chi connectivity index (χ1v) is 9.08. The summed E-state index contributed by atoms with van der Waals surface area (Å²) < 4.78 is 0. The number of H-pyrrole nitrogens is 1. The maximum Gasteiger partial charge on any atom is 0.0459 e. The number of nitrogens with one attached hydrogen (secondary N) is 2. The number of benzene rings is 1. The van der Waals surface area contributed by atoms with Crippen LogP contribution in [0, 0.1) is 5.92 Å². The van der Waals surface area contributed by atoms with Crippen molar-refractivity contribution in [3.63, 3.8) is 0 Å². The Morgan fingerprint density at radius 3 is 2.77 bits per heavy atom. The highest BCUT2D eigenvalue weighted by Gasteiger charge is 2.27. The number of rotatable bonds is 6. The Balaban J connectivity index is 1.99. The first kappa shape index (κ1) is 15.6. The fraction of sp³-hybridized carbons (Fsp3) is 0.600. The molecule has 2 heteroatoms. The van der Waals surface area contributed by atoms with E-state index in [9.17, 15) is 0 Å². The largest absolute Gasteiger partial charge is 0.361 e. The van der Waals surface area contributed by atoms with Gasteiger partial charge in [-0.2, -0.15) is 0 Å². The maximum atomic E-state index is 3.54. The first-order chi connectivity index (χ1) is 10.8. The number of aryl methyl sites for hydroxylation is 1. The zero-order valence-corrected chi connectivity index (χ0v) is 14.1. The third kappa shape index (κ3) is 3.08. The van der Waals surface area contributed by atoms with Crippen LogP contribution in [0.5, 0.6) is 0 Å². The SMILES string of the molecule is CCc1cccc2[nH]cc(C(CCNC)C3CCCCC3)c12. The molecule has 1 heterocycles. The second kappa shape index (κ2) is 7.32. The van der Waals surface area contributed by atoms with Crippen molar-refractivity contribution in [3.05, 3.63) is 35.5 Å². The molecule has 1 fully saturated rings. The van der Waals surface area contributed by atoms with Gasteiger partial charge in [-0.15, -0.1) is 0 Å². The van der Waals surface area contributed by atoms with Crippen molar-refractivity contribution in [3.8, 4) is 0 Å². The van der Waals surface area contributed by atoms with Crippen LogP contribution in [-0.4, -0.2) is 18.6 Å². The van der Waals surface area contributed by atoms with Gasteiger partial charge in [0.15, 0.2) is 0 Å². The van der Waals surface area contributed by atoms with Crippen molar-refractivity contribution in [1.82, 2.24) is 10.3 Å². The van der Waals surface area contributed by atoms with Gasteiger partial charge in [-0.25, -0.2) is 0 Å². The molecule has 1 aromatic carbocycles. The number of fused-ring (bicyclic) bond motifs is 1. The van der Waals surface area contributed by atoms with E-state index in [-0.39, 0.29) is 0 Å². The van der Waals surface area contributed by atoms with Crippen molar-refractivity contribution in [2.45, 2.75) is 57.8 Å². The Morgan fingerprint density at radius 1 is 1.23 bits per heavy atom. The predicted octanol–water partition coefficient (Wildman–Crippen LogP) is 5.00. The van der Waals surface area contributed by atoms with E-state index in [4.69, 9.17) is 0 Å². The molecule has 0 spiro atoms. The van der Waals surface area contributed by atoms with E-state index in [0.717, 1.165) is 18.9 Å². The lowest BCUT2D eigenvalue weighted by molar-refractivity contribution is 0.294. The van der Waals surface area contributed by atoms with E-state index in [1.807, 2.05) is 0 Å². The van der Waals surface area contributed by atoms with Crippen molar-refractivity contribution < 1.29 is 0 Å². The van der Waals surface area contributed by atoms with Gasteiger partial charge in [0.2, 0.25) is 0 Å². The second-order valence-corrected chi connectivity index (χ2v) is 6.83. The van der Waals surface area contributed by atoms with Crippen molar-refractivity contribution in [2.75, 3.05) is 13.6 Å². The predicted molar refractivity (Wildman–Crippen MR) is 95.5 cm³/mol. The fourth-order valence-corrected chi connectivity index (χ4v) is 4.36. The van der Waals surface area contributed by atoms with Gasteiger partial charge in [-0.05, 0) is 68.3 Å². The quantitative estimate of drug-likeness (QED) is 0.771. The van der Waals surface area contributed by atoms with Gasteiger partial charge in [0.1, 0.15) is 0 Å². The minimum absolute atomic E-state index is 0.703. The van der Waals surface area contributed by atoms with Crippen LogP contribution in [0.2, 0.25) is 0 Å². The molecular formula is C20H30N2. The highest BCUT2D eigenvalue weighted by Crippen LogP contribution is 2.41. The molecule has 1 aliphatic carbocycles. The summed E-state index contributed by atoms with van der Waals surface area (Å²) in [5.74, 6) is 1.57. The van der Waals surface area contributed by atoms with Crippen molar-refractivity contribution in [2.24, 2.45) is 5.92 Å². The average molecular weight is 298 g/mol. The van der Waals surface area contributed by atoms with Gasteiger partial charge >= 0.3 is 0 Å². The van der Waals surface area contributed by atoms with Crippen LogP contribution >= 0.6 is 0 Å². The lowest BCUT2D eigenvalue weighted by Gasteiger charge is -2.30. The van der Waals surface area contributed by atoms with Gasteiger partial charge in [0, 0.05) is 17.1 Å². The van der Waals surface area contributed by atoms with E-state index in [1.165, 1.54) is 55.0 Å². The fourth-order valence-electron chi connectivity index (χ4n) is 4.36. The minimum atomic E-state index is 0.703. The monoisotopic (exact) mass is 298 g/mol. The molecular weight excluding hydrogens is 268 g/mol. The van der Waals surface area contributed by atoms with Gasteiger partial charge < -0.3 is 10.3 Å². The third-order valence-electron chi connectivity index (χ3n) is 5.53. The van der Waals surface area contributed by atoms with Gasteiger partial charge in [-0.1, -0.05) is 38.3 Å². The normalized spacial score (nSPS) is 17.9. The van der Waals surface area contributed by atoms with Crippen LogP contribution in [0.3, 0.4) is 0 Å². The summed E-state index contributed by atoms with van der Waals surface area (Å²) in [5, 5.41) is 4.88. The van der Waals surface area contributed by atoms with Gasteiger partial charge in [0.05, 0.1) is 0 Å². The summed E-state index contributed by atoms with van der Waals surface area (Å²) in [5.41, 5.74) is 4.40. The van der Waals surface area contributed by atoms with Crippen molar-refractivity contribution in [1.29, 1.82) is 0 Å². The molecule has 1 saturated carbocycles. The Labute approximate surface area is 134 Å². The smallest absolute Gasteiger partial charge is 0.0459 e. The van der Waals surface area contributed by atoms with Gasteiger partial charge in [0.25, 0.3) is 0 Å². The summed E-state index contributed by atoms with van der Waals surface area (Å²) in [4.78, 5) is 3.54. The lowest BCUT2D eigenvalue weighted by Crippen LogP contribution is -2.21. The van der Waals surface area contributed by atoms with Crippen LogP contribution in [0.15, 0.2) is 24.4 Å². The second-order valence-electron chi connectivity index (χ2n) is 6.83. The lowest BCUT2D eigenvalue weighted by atomic mass is 9.75. The molecule has 0 bridgehead atoms. The molecule has 1 unspecified atom stereocenters. The van der Waals surface area contributed by atoms with Crippen LogP contribution in [0.25, 0.3) is 10.9 Å². The van der Waals surface area contributed by atoms with Gasteiger partial charge in [-0.3, -0.25) is 0 Å². The number of hydrogen-bond donors (Lipinski definition) is 2. The minimum Gasteiger partial charge on any atom is -0.361 e. The van der Waals surface area contributed by atoms with E-state index < -0.39 is 0 Å². The van der Waals surface area contributed by atoms with Crippen LogP contribution in [-0.2, 0) is 6.42 Å². The molecule has 3 rings (SSSR count). The molecule has 2 aromatic rings. The molecule has 1 aliphatic rings. The van der Waals surface area contributed by atoms with E-state index in [2.05, 4.69) is 48.7 Å². The zero-order chi connectivity index (χ0) is 15.4. The Hall–Kier alpha value is -1.28. The number of hydrogen-bond acceptors (Lipinski definition) is 1. The highest BCUT2D eigenvalue weighted by atomic mass is 14.8. The molecule has 0 saturated heterocycles. The molecule has 120 valence electrons. The summed E-state index contributed by atoms with van der Waals surface area (Å²) in [6, 6.07) is 6.72. The zero-order valence-electron chi connectivity index (χ0n) is 14.1.